The van der Waals surface area contributed by atoms with E-state index < -0.39 is 0 Å². The summed E-state index contributed by atoms with van der Waals surface area (Å²) in [4.78, 5) is 0. The van der Waals surface area contributed by atoms with Crippen LogP contribution >= 0.6 is 0 Å². The van der Waals surface area contributed by atoms with Gasteiger partial charge in [-0.05, 0) is 0 Å². The molecule has 2 atom stereocenters. The molecule has 0 fully saturated rings. The van der Waals surface area contributed by atoms with Crippen molar-refractivity contribution in [2.24, 2.45) is 0 Å². The summed E-state index contributed by atoms with van der Waals surface area (Å²) in [7, 11) is 0. The van der Waals surface area contributed by atoms with E-state index in [4.69, 9.17) is 0 Å². The maximum absolute atomic E-state index is 0. The molecule has 0 aromatic heterocycles. The number of rotatable bonds is 0. The van der Waals surface area contributed by atoms with Gasteiger partial charge in [-0.1, -0.05) is 0 Å². The molecule has 0 heterocycles. The normalized spacial score (nSPS) is 0. The molecule has 32 valence electrons. The molecule has 0 nitrogen and oxygen atoms in total. The fraction of sp³-hybridized carbons (Fsp3) is 0. The van der Waals surface area contributed by atoms with Crippen LogP contribution in [0.4, 0.5) is 0 Å². The quantitative estimate of drug-likeness (QED) is 0.356. The molecule has 0 rings (SSSR count). The molecular formula is H12As2Sb2. The van der Waals surface area contributed by atoms with Crippen LogP contribution in [0.15, 0.2) is 0 Å². The van der Waals surface area contributed by atoms with Gasteiger partial charge in [0.15, 0.2) is 0 Å². The summed E-state index contributed by atoms with van der Waals surface area (Å²) in [6.45, 7) is 0. The molecule has 0 aliphatic heterocycles. The topological polar surface area (TPSA) is 0 Å². The third kappa shape index (κ3) is 8.83. The van der Waals surface area contributed by atoms with Crippen molar-refractivity contribution in [2.45, 2.75) is 0 Å². The molecule has 0 saturated heterocycles. The third-order valence-corrected chi connectivity index (χ3v) is 0. The summed E-state index contributed by atoms with van der Waals surface area (Å²) in [6, 6.07) is 0. The van der Waals surface area contributed by atoms with E-state index in [9.17, 15) is 0 Å². The van der Waals surface area contributed by atoms with Gasteiger partial charge in [0.2, 0.25) is 0 Å². The monoisotopic (exact) mass is 404 g/mol. The van der Waals surface area contributed by atoms with Crippen LogP contribution < -0.4 is 0 Å². The van der Waals surface area contributed by atoms with Gasteiger partial charge in [0.05, 0.1) is 0 Å². The van der Waals surface area contributed by atoms with Crippen LogP contribution in [-0.2, 0) is 0 Å². The molecule has 0 aliphatic carbocycles. The van der Waals surface area contributed by atoms with Crippen molar-refractivity contribution in [3.05, 3.63) is 0 Å². The Kier molecular flexibility index (Phi) is 126. The van der Waals surface area contributed by atoms with E-state index in [-0.39, 0.29) is 84.8 Å². The van der Waals surface area contributed by atoms with Crippen molar-refractivity contribution < 1.29 is 0 Å². The number of hydrogen-bond donors (Lipinski definition) is 0. The molecule has 0 aromatic rings. The molecule has 4 heteroatoms. The van der Waals surface area contributed by atoms with Crippen LogP contribution in [0.1, 0.15) is 0 Å². The summed E-state index contributed by atoms with van der Waals surface area (Å²) in [6.07, 6.45) is 0. The van der Waals surface area contributed by atoms with Gasteiger partial charge in [-0.3, -0.25) is 0 Å². The van der Waals surface area contributed by atoms with E-state index >= 15 is 0 Å². The first-order valence-corrected chi connectivity index (χ1v) is 0. The van der Waals surface area contributed by atoms with Gasteiger partial charge in [-0.25, -0.2) is 0 Å². The SMILES string of the molecule is [AsH3].[AsH3].[SbH3].[SbH3]. The second kappa shape index (κ2) is 17.1. The van der Waals surface area contributed by atoms with E-state index in [0.29, 0.717) is 0 Å². The zero-order chi connectivity index (χ0) is 0. The molecule has 2 unspecified atom stereocenters. The van der Waals surface area contributed by atoms with Crippen molar-refractivity contribution in [1.29, 1.82) is 0 Å². The van der Waals surface area contributed by atoms with Crippen molar-refractivity contribution in [3.63, 3.8) is 0 Å². The molecule has 4 heavy (non-hydrogen) atoms. The predicted octanol–water partition coefficient (Wildman–Crippen LogP) is -4.74. The van der Waals surface area contributed by atoms with E-state index in [1.165, 1.54) is 0 Å². The van der Waals surface area contributed by atoms with Crippen LogP contribution in [0.5, 0.6) is 0 Å². The fourth-order valence-electron chi connectivity index (χ4n) is 0. The minimum absolute atomic E-state index is 0. The van der Waals surface area contributed by atoms with Crippen LogP contribution in [0.3, 0.4) is 0 Å². The van der Waals surface area contributed by atoms with Crippen molar-refractivity contribution in [1.82, 2.24) is 0 Å². The van der Waals surface area contributed by atoms with Gasteiger partial charge in [0.1, 0.15) is 0 Å². The Morgan fingerprint density at radius 2 is 0.500 bits per heavy atom. The molecule has 0 aromatic carbocycles. The molecule has 0 spiro atoms. The fourth-order valence-corrected chi connectivity index (χ4v) is 0. The zero-order valence-corrected chi connectivity index (χ0v) is 16.8. The Balaban J connectivity index is 0. The average Bonchev–Trinajstić information content (AvgIpc) is 0. The molecule has 0 amide bonds. The second-order valence-corrected chi connectivity index (χ2v) is 0. The van der Waals surface area contributed by atoms with E-state index in [2.05, 4.69) is 0 Å². The Labute approximate surface area is 83.4 Å². The average molecular weight is 405 g/mol. The van der Waals surface area contributed by atoms with Gasteiger partial charge in [0, 0.05) is 0 Å². The number of hydrogen-bond acceptors (Lipinski definition) is 0. The first-order chi connectivity index (χ1) is 0. The third-order valence-electron chi connectivity index (χ3n) is 0. The molecule has 0 N–H and O–H groups in total. The first kappa shape index (κ1) is 29.5. The Bertz CT molecular complexity index is 4.00. The molecule has 0 radical (unpaired) electrons. The van der Waals surface area contributed by atoms with Crippen LogP contribution in [0.2, 0.25) is 0 Å². The summed E-state index contributed by atoms with van der Waals surface area (Å²) >= 11 is 0. The Morgan fingerprint density at radius 1 is 0.500 bits per heavy atom. The van der Waals surface area contributed by atoms with Crippen LogP contribution in [-0.4, -0.2) is 84.8 Å². The molecular weight excluding hydrogens is 393 g/mol. The van der Waals surface area contributed by atoms with E-state index in [1.807, 2.05) is 0 Å². The van der Waals surface area contributed by atoms with Gasteiger partial charge in [0.25, 0.3) is 0 Å². The molecule has 0 saturated carbocycles. The minimum atomic E-state index is 0. The molecule has 0 aliphatic rings. The van der Waals surface area contributed by atoms with Crippen molar-refractivity contribution in [3.8, 4) is 0 Å². The zero-order valence-electron chi connectivity index (χ0n) is 2.83. The Hall–Kier alpha value is 2.75. The van der Waals surface area contributed by atoms with E-state index in [0.717, 1.165) is 0 Å². The summed E-state index contributed by atoms with van der Waals surface area (Å²) in [5.74, 6) is 0. The van der Waals surface area contributed by atoms with Gasteiger partial charge in [-0.2, -0.15) is 0 Å². The summed E-state index contributed by atoms with van der Waals surface area (Å²) < 4.78 is 0. The Morgan fingerprint density at radius 3 is 0.500 bits per heavy atom. The van der Waals surface area contributed by atoms with Crippen LogP contribution in [0, 0.1) is 0 Å². The van der Waals surface area contributed by atoms with Crippen molar-refractivity contribution in [2.75, 3.05) is 0 Å². The first-order valence-electron chi connectivity index (χ1n) is 0. The summed E-state index contributed by atoms with van der Waals surface area (Å²) in [5, 5.41) is 0. The van der Waals surface area contributed by atoms with Crippen LogP contribution in [0.25, 0.3) is 0 Å². The standard InChI is InChI=1S/2AsH3.2Sb.6H/h2*1H3;;;;;;;;. The van der Waals surface area contributed by atoms with Crippen molar-refractivity contribution >= 4 is 84.8 Å². The predicted molar refractivity (Wildman–Crippen MR) is 39.8 cm³/mol. The molecule has 0 bridgehead atoms. The van der Waals surface area contributed by atoms with Gasteiger partial charge >= 0.3 is 84.8 Å². The summed E-state index contributed by atoms with van der Waals surface area (Å²) in [5.41, 5.74) is 0. The van der Waals surface area contributed by atoms with Gasteiger partial charge in [-0.15, -0.1) is 0 Å². The van der Waals surface area contributed by atoms with Gasteiger partial charge < -0.3 is 0 Å². The van der Waals surface area contributed by atoms with E-state index in [1.54, 1.807) is 0 Å². The maximum atomic E-state index is 0. The second-order valence-electron chi connectivity index (χ2n) is 0.